The molecule has 1 aliphatic carbocycles. The van der Waals surface area contributed by atoms with Crippen LogP contribution in [0.2, 0.25) is 0 Å². The maximum absolute atomic E-state index is 10.9. The van der Waals surface area contributed by atoms with Crippen molar-refractivity contribution in [1.82, 2.24) is 4.98 Å². The number of nitroso groups, excluding NO2 is 1. The van der Waals surface area contributed by atoms with Crippen LogP contribution in [0, 0.1) is 11.8 Å². The number of nitrogens with one attached hydrogen (secondary N) is 1. The number of benzene rings is 3. The van der Waals surface area contributed by atoms with Crippen molar-refractivity contribution in [2.75, 3.05) is 5.32 Å². The molecule has 30 heavy (non-hydrogen) atoms. The van der Waals surface area contributed by atoms with Crippen LogP contribution in [-0.4, -0.2) is 4.98 Å². The number of hydrogen-bond donors (Lipinski definition) is 1. The van der Waals surface area contributed by atoms with Crippen LogP contribution >= 0.6 is 0 Å². The van der Waals surface area contributed by atoms with Crippen molar-refractivity contribution in [2.24, 2.45) is 5.18 Å². The van der Waals surface area contributed by atoms with E-state index in [4.69, 9.17) is 4.98 Å². The van der Waals surface area contributed by atoms with Crippen molar-refractivity contribution >= 4 is 16.7 Å². The lowest BCUT2D eigenvalue weighted by atomic mass is 9.99. The van der Waals surface area contributed by atoms with Gasteiger partial charge < -0.3 is 5.32 Å². The largest absolute Gasteiger partial charge is 0.363 e. The van der Waals surface area contributed by atoms with Gasteiger partial charge in [-0.15, -0.1) is 0 Å². The topological polar surface area (TPSA) is 54.4 Å². The number of hydrogen-bond acceptors (Lipinski definition) is 4. The van der Waals surface area contributed by atoms with Crippen LogP contribution in [0.4, 0.5) is 5.82 Å². The Bertz CT molecular complexity index is 1230. The molecule has 3 aromatic carbocycles. The van der Waals surface area contributed by atoms with Crippen molar-refractivity contribution < 1.29 is 0 Å². The molecule has 0 spiro atoms. The molecule has 1 aliphatic rings. The normalized spacial score (nSPS) is 15.2. The highest BCUT2D eigenvalue weighted by atomic mass is 16.3. The molecule has 4 heteroatoms. The highest BCUT2D eigenvalue weighted by Crippen LogP contribution is 2.38. The first-order chi connectivity index (χ1) is 14.7. The van der Waals surface area contributed by atoms with Gasteiger partial charge in [0, 0.05) is 10.9 Å². The summed E-state index contributed by atoms with van der Waals surface area (Å²) in [5.41, 5.74) is 7.92. The monoisotopic (exact) mass is 393 g/mol. The van der Waals surface area contributed by atoms with Gasteiger partial charge in [-0.25, -0.2) is 4.98 Å². The van der Waals surface area contributed by atoms with Gasteiger partial charge in [-0.05, 0) is 54.2 Å². The fourth-order valence-corrected chi connectivity index (χ4v) is 4.40. The highest BCUT2D eigenvalue weighted by molar-refractivity contribution is 5.91. The molecule has 1 heterocycles. The van der Waals surface area contributed by atoms with Crippen LogP contribution in [-0.2, 0) is 13.0 Å². The third kappa shape index (κ3) is 3.35. The zero-order valence-corrected chi connectivity index (χ0v) is 16.9. The Morgan fingerprint density at radius 2 is 1.87 bits per heavy atom. The first-order valence-electron chi connectivity index (χ1n) is 10.4. The molecule has 4 nitrogen and oxygen atoms in total. The molecule has 1 atom stereocenters. The summed E-state index contributed by atoms with van der Waals surface area (Å²) in [6.45, 7) is 2.24. The van der Waals surface area contributed by atoms with Gasteiger partial charge >= 0.3 is 0 Å². The van der Waals surface area contributed by atoms with E-state index in [0.717, 1.165) is 46.3 Å². The third-order valence-electron chi connectivity index (χ3n) is 5.99. The molecule has 0 amide bonds. The van der Waals surface area contributed by atoms with Gasteiger partial charge in [0.2, 0.25) is 0 Å². The van der Waals surface area contributed by atoms with E-state index in [0.29, 0.717) is 0 Å². The SMILES string of the molecule is Cc1ccc(-c2cc3c(CN=O)cccc3nc2N[C@@H]2CCc3ccccc32)cc1. The first kappa shape index (κ1) is 18.5. The summed E-state index contributed by atoms with van der Waals surface area (Å²) in [4.78, 5) is 15.9. The van der Waals surface area contributed by atoms with E-state index in [9.17, 15) is 4.91 Å². The van der Waals surface area contributed by atoms with E-state index in [1.807, 2.05) is 18.2 Å². The van der Waals surface area contributed by atoms with Gasteiger partial charge in [0.1, 0.15) is 12.4 Å². The average molecular weight is 393 g/mol. The molecular formula is C26H23N3O. The van der Waals surface area contributed by atoms with Crippen molar-refractivity contribution in [3.8, 4) is 11.1 Å². The molecule has 0 aliphatic heterocycles. The molecule has 1 N–H and O–H groups in total. The standard InChI is InChI=1S/C26H23N3O/c1-17-9-11-19(12-10-17)23-15-22-20(16-27-30)6-4-8-24(22)28-26(23)29-25-14-13-18-5-2-3-7-21(18)25/h2-12,15,25H,13-14,16H2,1H3,(H,28,29)/t25-/m1/s1. The molecule has 148 valence electrons. The Morgan fingerprint density at radius 3 is 2.70 bits per heavy atom. The summed E-state index contributed by atoms with van der Waals surface area (Å²) in [7, 11) is 0. The Balaban J connectivity index is 1.65. The van der Waals surface area contributed by atoms with Gasteiger partial charge in [0.05, 0.1) is 11.6 Å². The predicted molar refractivity (Wildman–Crippen MR) is 123 cm³/mol. The lowest BCUT2D eigenvalue weighted by Crippen LogP contribution is -2.10. The number of fused-ring (bicyclic) bond motifs is 2. The summed E-state index contributed by atoms with van der Waals surface area (Å²) < 4.78 is 0. The van der Waals surface area contributed by atoms with E-state index in [2.05, 4.69) is 72.0 Å². The molecule has 0 unspecified atom stereocenters. The van der Waals surface area contributed by atoms with Crippen molar-refractivity contribution in [3.63, 3.8) is 0 Å². The number of anilines is 1. The molecule has 0 fully saturated rings. The minimum absolute atomic E-state index is 0.148. The Labute approximate surface area is 176 Å². The summed E-state index contributed by atoms with van der Waals surface area (Å²) in [6, 6.07) is 25.4. The minimum Gasteiger partial charge on any atom is -0.363 e. The van der Waals surface area contributed by atoms with Crippen LogP contribution in [0.1, 0.15) is 34.7 Å². The molecule has 4 aromatic rings. The molecule has 0 bridgehead atoms. The number of nitrogens with zero attached hydrogens (tertiary/aromatic N) is 2. The zero-order chi connectivity index (χ0) is 20.5. The average Bonchev–Trinajstić information content (AvgIpc) is 3.17. The molecule has 5 rings (SSSR count). The molecule has 1 aromatic heterocycles. The van der Waals surface area contributed by atoms with Gasteiger partial charge in [-0.1, -0.05) is 71.4 Å². The van der Waals surface area contributed by atoms with Crippen LogP contribution in [0.25, 0.3) is 22.0 Å². The van der Waals surface area contributed by atoms with Gasteiger partial charge in [0.25, 0.3) is 0 Å². The maximum Gasteiger partial charge on any atom is 0.135 e. The number of pyridine rings is 1. The molecule has 0 saturated carbocycles. The number of rotatable bonds is 5. The summed E-state index contributed by atoms with van der Waals surface area (Å²) >= 11 is 0. The van der Waals surface area contributed by atoms with Crippen LogP contribution in [0.3, 0.4) is 0 Å². The minimum atomic E-state index is 0.148. The number of aromatic nitrogens is 1. The molecule has 0 radical (unpaired) electrons. The summed E-state index contributed by atoms with van der Waals surface area (Å²) in [6.07, 6.45) is 2.14. The van der Waals surface area contributed by atoms with Gasteiger partial charge in [-0.2, -0.15) is 4.91 Å². The second-order valence-corrected chi connectivity index (χ2v) is 7.96. The quantitative estimate of drug-likeness (QED) is 0.390. The molecular weight excluding hydrogens is 370 g/mol. The first-order valence-corrected chi connectivity index (χ1v) is 10.4. The van der Waals surface area contributed by atoms with Crippen LogP contribution < -0.4 is 5.32 Å². The summed E-state index contributed by atoms with van der Waals surface area (Å²) in [5, 5.41) is 7.81. The lowest BCUT2D eigenvalue weighted by Gasteiger charge is -2.19. The van der Waals surface area contributed by atoms with E-state index >= 15 is 0 Å². The van der Waals surface area contributed by atoms with E-state index in [1.165, 1.54) is 16.7 Å². The maximum atomic E-state index is 10.9. The highest BCUT2D eigenvalue weighted by Gasteiger charge is 2.23. The smallest absolute Gasteiger partial charge is 0.135 e. The second kappa shape index (κ2) is 7.71. The van der Waals surface area contributed by atoms with Gasteiger partial charge in [-0.3, -0.25) is 0 Å². The van der Waals surface area contributed by atoms with Crippen LogP contribution in [0.15, 0.2) is 78.0 Å². The lowest BCUT2D eigenvalue weighted by molar-refractivity contribution is 0.758. The Morgan fingerprint density at radius 1 is 1.03 bits per heavy atom. The second-order valence-electron chi connectivity index (χ2n) is 7.96. The predicted octanol–water partition coefficient (Wildman–Crippen LogP) is 6.58. The Hall–Kier alpha value is -3.53. The van der Waals surface area contributed by atoms with E-state index in [-0.39, 0.29) is 12.6 Å². The summed E-state index contributed by atoms with van der Waals surface area (Å²) in [5.74, 6) is 0.879. The Kier molecular flexibility index (Phi) is 4.75. The fraction of sp³-hybridized carbons (Fsp3) is 0.192. The molecule has 0 saturated heterocycles. The number of aryl methyl sites for hydroxylation is 2. The van der Waals surface area contributed by atoms with E-state index in [1.54, 1.807) is 0 Å². The van der Waals surface area contributed by atoms with E-state index < -0.39 is 0 Å². The van der Waals surface area contributed by atoms with Crippen molar-refractivity contribution in [3.05, 3.63) is 100.0 Å². The fourth-order valence-electron chi connectivity index (χ4n) is 4.40. The van der Waals surface area contributed by atoms with Crippen molar-refractivity contribution in [2.45, 2.75) is 32.4 Å². The zero-order valence-electron chi connectivity index (χ0n) is 16.9. The third-order valence-corrected chi connectivity index (χ3v) is 5.99. The van der Waals surface area contributed by atoms with Crippen LogP contribution in [0.5, 0.6) is 0 Å². The van der Waals surface area contributed by atoms with Gasteiger partial charge in [0.15, 0.2) is 0 Å². The van der Waals surface area contributed by atoms with Crippen molar-refractivity contribution in [1.29, 1.82) is 0 Å².